The van der Waals surface area contributed by atoms with E-state index in [1.165, 1.54) is 6.42 Å². The molecule has 0 atom stereocenters. The first kappa shape index (κ1) is 7.54. The Morgan fingerprint density at radius 3 is 2.40 bits per heavy atom. The Morgan fingerprint density at radius 1 is 1.30 bits per heavy atom. The second kappa shape index (κ2) is 3.56. The molecule has 1 radical (unpaired) electrons. The van der Waals surface area contributed by atoms with Crippen LogP contribution in [0, 0.1) is 0 Å². The van der Waals surface area contributed by atoms with E-state index < -0.39 is 0 Å². The summed E-state index contributed by atoms with van der Waals surface area (Å²) in [6.07, 6.45) is 3.47. The minimum absolute atomic E-state index is 0.0142. The maximum Gasteiger partial charge on any atom is 0.237 e. The molecule has 3 nitrogen and oxygen atoms in total. The van der Waals surface area contributed by atoms with Crippen LogP contribution >= 0.6 is 0 Å². The van der Waals surface area contributed by atoms with Gasteiger partial charge in [0.05, 0.1) is 6.54 Å². The predicted molar refractivity (Wildman–Crippen MR) is 38.4 cm³/mol. The van der Waals surface area contributed by atoms with Crippen LogP contribution in [0.4, 0.5) is 0 Å². The van der Waals surface area contributed by atoms with E-state index in [0.29, 0.717) is 0 Å². The van der Waals surface area contributed by atoms with Crippen LogP contribution in [0.2, 0.25) is 0 Å². The molecular formula is C7H13N2O. The van der Waals surface area contributed by atoms with Crippen molar-refractivity contribution in [2.75, 3.05) is 19.6 Å². The first-order chi connectivity index (χ1) is 4.84. The molecule has 1 N–H and O–H groups in total. The number of carbonyl (C=O) groups excluding carboxylic acids is 1. The summed E-state index contributed by atoms with van der Waals surface area (Å²) in [5.41, 5.74) is 6.85. The fourth-order valence-corrected chi connectivity index (χ4v) is 1.26. The number of rotatable bonds is 1. The van der Waals surface area contributed by atoms with E-state index in [4.69, 9.17) is 5.73 Å². The molecule has 0 unspecified atom stereocenters. The Balaban J connectivity index is 2.31. The van der Waals surface area contributed by atoms with Crippen LogP contribution in [0.5, 0.6) is 0 Å². The zero-order chi connectivity index (χ0) is 7.40. The number of likely N-dealkylation sites (tertiary alicyclic amines) is 1. The fraction of sp³-hybridized carbons (Fsp3) is 0.857. The van der Waals surface area contributed by atoms with Crippen molar-refractivity contribution < 1.29 is 4.79 Å². The molecule has 0 aromatic rings. The lowest BCUT2D eigenvalue weighted by atomic mass is 10.1. The van der Waals surface area contributed by atoms with Gasteiger partial charge in [-0.25, -0.2) is 5.73 Å². The summed E-state index contributed by atoms with van der Waals surface area (Å²) >= 11 is 0. The number of hydrogen-bond acceptors (Lipinski definition) is 1. The van der Waals surface area contributed by atoms with Crippen molar-refractivity contribution in [2.24, 2.45) is 0 Å². The van der Waals surface area contributed by atoms with Crippen molar-refractivity contribution in [3.8, 4) is 0 Å². The number of amides is 1. The molecule has 10 heavy (non-hydrogen) atoms. The number of piperidine rings is 1. The van der Waals surface area contributed by atoms with Crippen molar-refractivity contribution in [3.63, 3.8) is 0 Å². The van der Waals surface area contributed by atoms with Crippen molar-refractivity contribution in [3.05, 3.63) is 0 Å². The standard InChI is InChI=1S/C7H13N2O/c8-6-7(10)9-4-2-1-3-5-9/h8H,1-6H2. The number of nitrogens with one attached hydrogen (secondary N) is 1. The Bertz CT molecular complexity index is 119. The highest BCUT2D eigenvalue weighted by Crippen LogP contribution is 2.07. The maximum atomic E-state index is 10.9. The van der Waals surface area contributed by atoms with Gasteiger partial charge >= 0.3 is 0 Å². The molecule has 0 spiro atoms. The van der Waals surface area contributed by atoms with E-state index in [2.05, 4.69) is 0 Å². The highest BCUT2D eigenvalue weighted by Gasteiger charge is 2.13. The monoisotopic (exact) mass is 141 g/mol. The Kier molecular flexibility index (Phi) is 2.68. The first-order valence-corrected chi connectivity index (χ1v) is 3.77. The maximum absolute atomic E-state index is 10.9. The molecule has 0 saturated carbocycles. The lowest BCUT2D eigenvalue weighted by Crippen LogP contribution is -2.37. The van der Waals surface area contributed by atoms with E-state index in [-0.39, 0.29) is 12.5 Å². The van der Waals surface area contributed by atoms with Crippen molar-refractivity contribution >= 4 is 5.91 Å². The summed E-state index contributed by atoms with van der Waals surface area (Å²) in [7, 11) is 0. The molecule has 1 fully saturated rings. The van der Waals surface area contributed by atoms with E-state index in [1.54, 1.807) is 4.90 Å². The Hall–Kier alpha value is -0.570. The fourth-order valence-electron chi connectivity index (χ4n) is 1.26. The summed E-state index contributed by atoms with van der Waals surface area (Å²) in [5, 5.41) is 0. The van der Waals surface area contributed by atoms with E-state index >= 15 is 0 Å². The number of nitrogens with zero attached hydrogens (tertiary/aromatic N) is 1. The van der Waals surface area contributed by atoms with Crippen molar-refractivity contribution in [1.29, 1.82) is 0 Å². The first-order valence-electron chi connectivity index (χ1n) is 3.77. The molecular weight excluding hydrogens is 128 g/mol. The molecule has 57 valence electrons. The van der Waals surface area contributed by atoms with E-state index in [1.807, 2.05) is 0 Å². The van der Waals surface area contributed by atoms with Crippen LogP contribution in [-0.4, -0.2) is 30.4 Å². The van der Waals surface area contributed by atoms with Gasteiger partial charge in [0.15, 0.2) is 0 Å². The third kappa shape index (κ3) is 1.70. The molecule has 1 amide bonds. The molecule has 1 aliphatic rings. The van der Waals surface area contributed by atoms with Gasteiger partial charge in [0.25, 0.3) is 0 Å². The van der Waals surface area contributed by atoms with Crippen LogP contribution in [0.1, 0.15) is 19.3 Å². The summed E-state index contributed by atoms with van der Waals surface area (Å²) in [5.74, 6) is -0.0142. The molecule has 0 aliphatic carbocycles. The van der Waals surface area contributed by atoms with Crippen molar-refractivity contribution in [1.82, 2.24) is 10.6 Å². The predicted octanol–water partition coefficient (Wildman–Crippen LogP) is 0.282. The lowest BCUT2D eigenvalue weighted by molar-refractivity contribution is -0.130. The summed E-state index contributed by atoms with van der Waals surface area (Å²) < 4.78 is 0. The highest BCUT2D eigenvalue weighted by molar-refractivity contribution is 5.77. The summed E-state index contributed by atoms with van der Waals surface area (Å²) in [6, 6.07) is 0. The third-order valence-electron chi connectivity index (χ3n) is 1.86. The second-order valence-corrected chi connectivity index (χ2v) is 2.62. The Labute approximate surface area is 61.2 Å². The molecule has 0 bridgehead atoms. The van der Waals surface area contributed by atoms with E-state index in [9.17, 15) is 4.79 Å². The SMILES string of the molecule is [NH]CC(=O)N1CCCCC1. The smallest absolute Gasteiger partial charge is 0.237 e. The topological polar surface area (TPSA) is 44.1 Å². The average molecular weight is 141 g/mol. The van der Waals surface area contributed by atoms with Gasteiger partial charge in [-0.15, -0.1) is 0 Å². The zero-order valence-electron chi connectivity index (χ0n) is 6.10. The van der Waals surface area contributed by atoms with Crippen LogP contribution in [-0.2, 0) is 4.79 Å². The largest absolute Gasteiger partial charge is 0.342 e. The molecule has 0 aromatic carbocycles. The van der Waals surface area contributed by atoms with Gasteiger partial charge in [-0.2, -0.15) is 0 Å². The number of carbonyl (C=O) groups is 1. The minimum Gasteiger partial charge on any atom is -0.342 e. The normalized spacial score (nSPS) is 19.1. The van der Waals surface area contributed by atoms with Crippen LogP contribution in [0.3, 0.4) is 0 Å². The third-order valence-corrected chi connectivity index (χ3v) is 1.86. The van der Waals surface area contributed by atoms with Gasteiger partial charge in [0, 0.05) is 13.1 Å². The summed E-state index contributed by atoms with van der Waals surface area (Å²) in [6.45, 7) is 1.66. The zero-order valence-corrected chi connectivity index (χ0v) is 6.10. The lowest BCUT2D eigenvalue weighted by Gasteiger charge is -2.25. The molecule has 1 aliphatic heterocycles. The molecule has 1 heterocycles. The Morgan fingerprint density at radius 2 is 1.90 bits per heavy atom. The molecule has 1 saturated heterocycles. The average Bonchev–Trinajstić information content (AvgIpc) is 2.05. The van der Waals surface area contributed by atoms with Gasteiger partial charge in [-0.3, -0.25) is 4.79 Å². The van der Waals surface area contributed by atoms with E-state index in [0.717, 1.165) is 25.9 Å². The molecule has 3 heteroatoms. The van der Waals surface area contributed by atoms with Gasteiger partial charge in [0.2, 0.25) is 5.91 Å². The van der Waals surface area contributed by atoms with Gasteiger partial charge in [0.1, 0.15) is 0 Å². The minimum atomic E-state index is -0.0833. The van der Waals surface area contributed by atoms with Crippen molar-refractivity contribution in [2.45, 2.75) is 19.3 Å². The highest BCUT2D eigenvalue weighted by atomic mass is 16.2. The quantitative estimate of drug-likeness (QED) is 0.517. The van der Waals surface area contributed by atoms with Crippen LogP contribution < -0.4 is 5.73 Å². The second-order valence-electron chi connectivity index (χ2n) is 2.62. The number of hydrogen-bond donors (Lipinski definition) is 0. The van der Waals surface area contributed by atoms with Gasteiger partial charge in [-0.05, 0) is 19.3 Å². The molecule has 0 aromatic heterocycles. The van der Waals surface area contributed by atoms with Gasteiger partial charge < -0.3 is 4.90 Å². The molecule has 1 rings (SSSR count). The van der Waals surface area contributed by atoms with Crippen LogP contribution in [0.25, 0.3) is 0 Å². The van der Waals surface area contributed by atoms with Crippen LogP contribution in [0.15, 0.2) is 0 Å². The summed E-state index contributed by atoms with van der Waals surface area (Å²) in [4.78, 5) is 12.7. The van der Waals surface area contributed by atoms with Gasteiger partial charge in [-0.1, -0.05) is 0 Å².